The van der Waals surface area contributed by atoms with Gasteiger partial charge >= 0.3 is 5.97 Å². The number of allylic oxidation sites excluding steroid dienone is 4. The van der Waals surface area contributed by atoms with Crippen LogP contribution in [-0.2, 0) is 4.79 Å². The fraction of sp³-hybridized carbons (Fsp3) is 0.737. The van der Waals surface area contributed by atoms with Gasteiger partial charge in [0.2, 0.25) is 0 Å². The van der Waals surface area contributed by atoms with Crippen LogP contribution in [0.5, 0.6) is 0 Å². The number of hydrogen-bond donors (Lipinski definition) is 1. The maximum absolute atomic E-state index is 10.3. The topological polar surface area (TPSA) is 37.3 Å². The van der Waals surface area contributed by atoms with Crippen molar-refractivity contribution in [1.82, 2.24) is 0 Å². The number of carboxylic acid groups (broad SMARTS) is 1. The Hall–Kier alpha value is -1.05. The van der Waals surface area contributed by atoms with E-state index in [2.05, 4.69) is 13.0 Å². The standard InChI is InChI=1S/C19H34O2/c1-2-3-4-5-6-7-8-9-10-11-12-13-14-15-16-17-18-19(20)21/h13-16H,2-12,17-18H2,1H3,(H,20,21). The average Bonchev–Trinajstić information content (AvgIpc) is 2.46. The minimum absolute atomic E-state index is 0.225. The van der Waals surface area contributed by atoms with E-state index in [0.717, 1.165) is 6.42 Å². The molecule has 2 heteroatoms. The van der Waals surface area contributed by atoms with E-state index in [9.17, 15) is 4.79 Å². The van der Waals surface area contributed by atoms with Gasteiger partial charge in [-0.2, -0.15) is 0 Å². The third-order valence-corrected chi connectivity index (χ3v) is 3.63. The lowest BCUT2D eigenvalue weighted by atomic mass is 10.1. The number of carboxylic acids is 1. The van der Waals surface area contributed by atoms with Crippen molar-refractivity contribution in [3.05, 3.63) is 24.3 Å². The van der Waals surface area contributed by atoms with Crippen LogP contribution in [-0.4, -0.2) is 11.1 Å². The highest BCUT2D eigenvalue weighted by molar-refractivity contribution is 5.66. The lowest BCUT2D eigenvalue weighted by Gasteiger charge is -2.01. The molecular formula is C19H34O2. The predicted molar refractivity (Wildman–Crippen MR) is 91.6 cm³/mol. The minimum atomic E-state index is -0.728. The lowest BCUT2D eigenvalue weighted by molar-refractivity contribution is -0.136. The monoisotopic (exact) mass is 294 g/mol. The highest BCUT2D eigenvalue weighted by Crippen LogP contribution is 2.11. The first-order valence-corrected chi connectivity index (χ1v) is 8.80. The van der Waals surface area contributed by atoms with Crippen molar-refractivity contribution in [2.24, 2.45) is 0 Å². The smallest absolute Gasteiger partial charge is 0.303 e. The molecule has 2 nitrogen and oxygen atoms in total. The van der Waals surface area contributed by atoms with Crippen LogP contribution in [0.4, 0.5) is 0 Å². The van der Waals surface area contributed by atoms with Gasteiger partial charge in [-0.05, 0) is 19.3 Å². The first-order chi connectivity index (χ1) is 10.3. The molecule has 0 bridgehead atoms. The molecule has 1 N–H and O–H groups in total. The Bertz CT molecular complexity index is 279. The molecule has 0 unspecified atom stereocenters. The first kappa shape index (κ1) is 19.9. The number of unbranched alkanes of at least 4 members (excludes halogenated alkanes) is 10. The van der Waals surface area contributed by atoms with Crippen LogP contribution < -0.4 is 0 Å². The van der Waals surface area contributed by atoms with E-state index in [1.165, 1.54) is 64.2 Å². The SMILES string of the molecule is CCCCCCCCCCCCC=CC=CCCC(=O)O. The first-order valence-electron chi connectivity index (χ1n) is 8.80. The molecule has 0 atom stereocenters. The van der Waals surface area contributed by atoms with Crippen LogP contribution in [0.25, 0.3) is 0 Å². The quantitative estimate of drug-likeness (QED) is 0.285. The summed E-state index contributed by atoms with van der Waals surface area (Å²) in [4.78, 5) is 10.3. The highest BCUT2D eigenvalue weighted by Gasteiger charge is 1.92. The van der Waals surface area contributed by atoms with E-state index >= 15 is 0 Å². The third kappa shape index (κ3) is 18.9. The molecule has 122 valence electrons. The Kier molecular flexibility index (Phi) is 16.2. The van der Waals surface area contributed by atoms with Crippen molar-refractivity contribution in [2.45, 2.75) is 90.4 Å². The van der Waals surface area contributed by atoms with Gasteiger partial charge in [0.25, 0.3) is 0 Å². The molecule has 0 aliphatic heterocycles. The minimum Gasteiger partial charge on any atom is -0.481 e. The Labute approximate surface area is 131 Å². The summed E-state index contributed by atoms with van der Waals surface area (Å²) < 4.78 is 0. The second kappa shape index (κ2) is 17.0. The zero-order chi connectivity index (χ0) is 15.6. The molecule has 0 aliphatic carbocycles. The summed E-state index contributed by atoms with van der Waals surface area (Å²) in [7, 11) is 0. The predicted octanol–water partition coefficient (Wildman–Crippen LogP) is 6.27. The van der Waals surface area contributed by atoms with Crippen molar-refractivity contribution < 1.29 is 9.90 Å². The summed E-state index contributed by atoms with van der Waals surface area (Å²) in [5, 5.41) is 8.48. The Morgan fingerprint density at radius 2 is 1.24 bits per heavy atom. The zero-order valence-electron chi connectivity index (χ0n) is 13.9. The Morgan fingerprint density at radius 3 is 1.76 bits per heavy atom. The van der Waals surface area contributed by atoms with Crippen molar-refractivity contribution in [3.63, 3.8) is 0 Å². The molecule has 21 heavy (non-hydrogen) atoms. The molecule has 0 aliphatic rings. The van der Waals surface area contributed by atoms with E-state index in [4.69, 9.17) is 5.11 Å². The lowest BCUT2D eigenvalue weighted by Crippen LogP contribution is -1.91. The molecule has 0 saturated carbocycles. The molecule has 0 rings (SSSR count). The Balaban J connectivity index is 3.16. The molecule has 0 fully saturated rings. The van der Waals surface area contributed by atoms with Crippen molar-refractivity contribution in [2.75, 3.05) is 0 Å². The van der Waals surface area contributed by atoms with Gasteiger partial charge in [-0.15, -0.1) is 0 Å². The molecule has 0 amide bonds. The summed E-state index contributed by atoms with van der Waals surface area (Å²) >= 11 is 0. The maximum Gasteiger partial charge on any atom is 0.303 e. The van der Waals surface area contributed by atoms with Crippen LogP contribution >= 0.6 is 0 Å². The highest BCUT2D eigenvalue weighted by atomic mass is 16.4. The average molecular weight is 294 g/mol. The molecule has 0 heterocycles. The summed E-state index contributed by atoms with van der Waals surface area (Å²) in [6.45, 7) is 2.26. The number of aliphatic carboxylic acids is 1. The number of carbonyl (C=O) groups is 1. The summed E-state index contributed by atoms with van der Waals surface area (Å²) in [5.74, 6) is -0.728. The van der Waals surface area contributed by atoms with Gasteiger partial charge in [0.1, 0.15) is 0 Å². The summed E-state index contributed by atoms with van der Waals surface area (Å²) in [6.07, 6.45) is 23.9. The second-order valence-corrected chi connectivity index (χ2v) is 5.76. The molecule has 0 aromatic heterocycles. The van der Waals surface area contributed by atoms with E-state index < -0.39 is 5.97 Å². The normalized spacial score (nSPS) is 11.7. The van der Waals surface area contributed by atoms with E-state index in [1.54, 1.807) is 0 Å². The van der Waals surface area contributed by atoms with Gasteiger partial charge in [-0.25, -0.2) is 0 Å². The van der Waals surface area contributed by atoms with Gasteiger partial charge in [-0.1, -0.05) is 89.0 Å². The van der Waals surface area contributed by atoms with Crippen LogP contribution in [0.1, 0.15) is 90.4 Å². The maximum atomic E-state index is 10.3. The van der Waals surface area contributed by atoms with Gasteiger partial charge in [0.15, 0.2) is 0 Å². The van der Waals surface area contributed by atoms with E-state index in [0.29, 0.717) is 6.42 Å². The van der Waals surface area contributed by atoms with Crippen LogP contribution in [0, 0.1) is 0 Å². The third-order valence-electron chi connectivity index (χ3n) is 3.63. The van der Waals surface area contributed by atoms with E-state index in [-0.39, 0.29) is 6.42 Å². The van der Waals surface area contributed by atoms with Gasteiger partial charge in [0.05, 0.1) is 0 Å². The number of hydrogen-bond acceptors (Lipinski definition) is 1. The molecular weight excluding hydrogens is 260 g/mol. The van der Waals surface area contributed by atoms with Gasteiger partial charge in [0, 0.05) is 6.42 Å². The molecule has 0 aromatic rings. The van der Waals surface area contributed by atoms with Gasteiger partial charge < -0.3 is 5.11 Å². The van der Waals surface area contributed by atoms with Crippen molar-refractivity contribution in [1.29, 1.82) is 0 Å². The van der Waals surface area contributed by atoms with Gasteiger partial charge in [-0.3, -0.25) is 4.79 Å². The molecule has 0 spiro atoms. The molecule has 0 aromatic carbocycles. The molecule has 0 saturated heterocycles. The summed E-state index contributed by atoms with van der Waals surface area (Å²) in [6, 6.07) is 0. The second-order valence-electron chi connectivity index (χ2n) is 5.76. The fourth-order valence-electron chi connectivity index (χ4n) is 2.31. The Morgan fingerprint density at radius 1 is 0.762 bits per heavy atom. The van der Waals surface area contributed by atoms with E-state index in [1.807, 2.05) is 18.2 Å². The molecule has 0 radical (unpaired) electrons. The van der Waals surface area contributed by atoms with Crippen molar-refractivity contribution in [3.8, 4) is 0 Å². The zero-order valence-corrected chi connectivity index (χ0v) is 13.9. The van der Waals surface area contributed by atoms with Crippen LogP contribution in [0.15, 0.2) is 24.3 Å². The number of rotatable bonds is 15. The van der Waals surface area contributed by atoms with Crippen LogP contribution in [0.3, 0.4) is 0 Å². The summed E-state index contributed by atoms with van der Waals surface area (Å²) in [5.41, 5.74) is 0. The largest absolute Gasteiger partial charge is 0.481 e. The fourth-order valence-corrected chi connectivity index (χ4v) is 2.31. The van der Waals surface area contributed by atoms with Crippen molar-refractivity contribution >= 4 is 5.97 Å². The van der Waals surface area contributed by atoms with Crippen LogP contribution in [0.2, 0.25) is 0 Å².